The molecular formula is C40H42O6. The van der Waals surface area contributed by atoms with Gasteiger partial charge in [0.1, 0.15) is 22.7 Å². The van der Waals surface area contributed by atoms with Gasteiger partial charge in [-0.05, 0) is 107 Å². The van der Waals surface area contributed by atoms with E-state index in [1.807, 2.05) is 37.3 Å². The molecule has 0 amide bonds. The van der Waals surface area contributed by atoms with E-state index in [1.165, 1.54) is 0 Å². The molecule has 0 radical (unpaired) electrons. The fraction of sp³-hybridized carbons (Fsp3) is 0.300. The van der Waals surface area contributed by atoms with E-state index in [0.717, 1.165) is 27.8 Å². The van der Waals surface area contributed by atoms with Crippen molar-refractivity contribution < 1.29 is 28.5 Å². The quantitative estimate of drug-likeness (QED) is 0.127. The minimum Gasteiger partial charge on any atom is -0.428 e. The third-order valence-electron chi connectivity index (χ3n) is 7.22. The molecule has 6 nitrogen and oxygen atoms in total. The maximum atomic E-state index is 12.1. The number of carbonyl (C=O) groups excluding carboxylic acids is 2. The van der Waals surface area contributed by atoms with Gasteiger partial charge in [-0.25, -0.2) is 9.59 Å². The van der Waals surface area contributed by atoms with E-state index in [1.54, 1.807) is 71.9 Å². The largest absolute Gasteiger partial charge is 0.514 e. The van der Waals surface area contributed by atoms with Crippen LogP contribution in [0.5, 0.6) is 11.5 Å². The third-order valence-corrected chi connectivity index (χ3v) is 7.22. The van der Waals surface area contributed by atoms with E-state index in [0.29, 0.717) is 11.5 Å². The normalized spacial score (nSPS) is 18.5. The highest BCUT2D eigenvalue weighted by molar-refractivity contribution is 5.79. The second-order valence-electron chi connectivity index (χ2n) is 13.1. The van der Waals surface area contributed by atoms with Crippen molar-refractivity contribution in [1.29, 1.82) is 0 Å². The van der Waals surface area contributed by atoms with Crippen molar-refractivity contribution in [1.82, 2.24) is 0 Å². The minimum atomic E-state index is -0.732. The van der Waals surface area contributed by atoms with Crippen LogP contribution in [-0.4, -0.2) is 23.5 Å². The van der Waals surface area contributed by atoms with Crippen LogP contribution in [0.25, 0.3) is 11.1 Å². The summed E-state index contributed by atoms with van der Waals surface area (Å²) in [5.41, 5.74) is 4.08. The molecule has 0 spiro atoms. The molecule has 0 heterocycles. The second-order valence-corrected chi connectivity index (χ2v) is 13.1. The van der Waals surface area contributed by atoms with E-state index in [9.17, 15) is 9.59 Å². The molecule has 2 aromatic rings. The van der Waals surface area contributed by atoms with Crippen molar-refractivity contribution in [3.63, 3.8) is 0 Å². The first-order valence-corrected chi connectivity index (χ1v) is 15.4. The van der Waals surface area contributed by atoms with Gasteiger partial charge in [0.15, 0.2) is 0 Å². The molecule has 0 N–H and O–H groups in total. The fourth-order valence-corrected chi connectivity index (χ4v) is 5.31. The number of carbonyl (C=O) groups is 2. The molecule has 2 aromatic carbocycles. The van der Waals surface area contributed by atoms with Crippen molar-refractivity contribution in [2.24, 2.45) is 17.8 Å². The van der Waals surface area contributed by atoms with Gasteiger partial charge in [0.25, 0.3) is 0 Å². The fourth-order valence-electron chi connectivity index (χ4n) is 5.31. The van der Waals surface area contributed by atoms with Crippen LogP contribution in [0.3, 0.4) is 0 Å². The molecule has 0 bridgehead atoms. The van der Waals surface area contributed by atoms with Crippen LogP contribution in [0.4, 0.5) is 9.59 Å². The zero-order chi connectivity index (χ0) is 33.5. The van der Waals surface area contributed by atoms with Crippen molar-refractivity contribution in [3.05, 3.63) is 120 Å². The van der Waals surface area contributed by atoms with Gasteiger partial charge in [-0.15, -0.1) is 6.42 Å². The summed E-state index contributed by atoms with van der Waals surface area (Å²) in [6, 6.07) is 14.8. The van der Waals surface area contributed by atoms with Crippen LogP contribution in [-0.2, 0) is 9.47 Å². The van der Waals surface area contributed by atoms with Gasteiger partial charge in [-0.3, -0.25) is 0 Å². The van der Waals surface area contributed by atoms with Crippen LogP contribution in [0, 0.1) is 30.1 Å². The number of ether oxygens (including phenoxy) is 4. The summed E-state index contributed by atoms with van der Waals surface area (Å²) in [6.45, 7) is 12.8. The molecule has 2 atom stereocenters. The second kappa shape index (κ2) is 14.4. The first-order valence-electron chi connectivity index (χ1n) is 15.4. The monoisotopic (exact) mass is 618 g/mol. The third kappa shape index (κ3) is 9.49. The zero-order valence-corrected chi connectivity index (χ0v) is 27.6. The molecule has 2 unspecified atom stereocenters. The Morgan fingerprint density at radius 2 is 1.15 bits per heavy atom. The first kappa shape index (κ1) is 33.9. The van der Waals surface area contributed by atoms with Gasteiger partial charge in [0.05, 0.1) is 0 Å². The maximum Gasteiger partial charge on any atom is 0.514 e. The van der Waals surface area contributed by atoms with E-state index < -0.39 is 23.5 Å². The average molecular weight is 619 g/mol. The molecule has 0 saturated carbocycles. The SMILES string of the molecule is C#C/C=C\C(=C/C)C(C1C=CC(c2ccc(OC(=O)OC(C)(C)C)cc2)=C1)C1C=CC(c2ccc(OC(=O)OC(C)(C)C)cc2)=C1. The Balaban J connectivity index is 1.52. The maximum absolute atomic E-state index is 12.1. The molecule has 0 fully saturated rings. The summed E-state index contributed by atoms with van der Waals surface area (Å²) in [7, 11) is 0. The van der Waals surface area contributed by atoms with Crippen LogP contribution in [0.15, 0.2) is 109 Å². The molecule has 46 heavy (non-hydrogen) atoms. The predicted octanol–water partition coefficient (Wildman–Crippen LogP) is 9.91. The van der Waals surface area contributed by atoms with Gasteiger partial charge < -0.3 is 18.9 Å². The Kier molecular flexibility index (Phi) is 10.6. The van der Waals surface area contributed by atoms with E-state index in [4.69, 9.17) is 25.4 Å². The lowest BCUT2D eigenvalue weighted by molar-refractivity contribution is 0.0193. The van der Waals surface area contributed by atoms with Crippen LogP contribution >= 0.6 is 0 Å². The Hall–Kier alpha value is -5.02. The molecular weight excluding hydrogens is 576 g/mol. The number of hydrogen-bond acceptors (Lipinski definition) is 6. The Morgan fingerprint density at radius 3 is 1.50 bits per heavy atom. The van der Waals surface area contributed by atoms with Gasteiger partial charge in [-0.2, -0.15) is 0 Å². The molecule has 0 aliphatic heterocycles. The van der Waals surface area contributed by atoms with Crippen LogP contribution in [0.2, 0.25) is 0 Å². The van der Waals surface area contributed by atoms with E-state index in [-0.39, 0.29) is 17.8 Å². The number of hydrogen-bond donors (Lipinski definition) is 0. The predicted molar refractivity (Wildman–Crippen MR) is 183 cm³/mol. The molecule has 0 saturated heterocycles. The van der Waals surface area contributed by atoms with Gasteiger partial charge in [-0.1, -0.05) is 78.8 Å². The smallest absolute Gasteiger partial charge is 0.428 e. The molecule has 2 aliphatic rings. The van der Waals surface area contributed by atoms with E-state index in [2.05, 4.69) is 48.5 Å². The highest BCUT2D eigenvalue weighted by Gasteiger charge is 2.31. The number of benzene rings is 2. The summed E-state index contributed by atoms with van der Waals surface area (Å²) < 4.78 is 21.2. The van der Waals surface area contributed by atoms with Crippen LogP contribution in [0.1, 0.15) is 59.6 Å². The standard InChI is InChI=1S/C40H42O6/c1-9-11-12-27(10-2)36(32-15-13-30(25-32)28-17-21-34(22-18-28)43-37(41)45-39(3,4)5)33-16-14-31(26-33)29-19-23-35(24-20-29)44-38(42)46-40(6,7)8/h1,10-26,32-33,36H,2-8H3/b12-11-,27-10+. The van der Waals surface area contributed by atoms with Gasteiger partial charge >= 0.3 is 12.3 Å². The van der Waals surface area contributed by atoms with Crippen molar-refractivity contribution in [2.45, 2.75) is 59.7 Å². The summed E-state index contributed by atoms with van der Waals surface area (Å²) in [6.07, 6.45) is 23.2. The molecule has 6 heteroatoms. The van der Waals surface area contributed by atoms with Gasteiger partial charge in [0.2, 0.25) is 0 Å². The minimum absolute atomic E-state index is 0.0987. The number of allylic oxidation sites excluding steroid dienone is 12. The summed E-state index contributed by atoms with van der Waals surface area (Å²) in [5, 5.41) is 0. The Labute approximate surface area is 272 Å². The molecule has 238 valence electrons. The summed E-state index contributed by atoms with van der Waals surface area (Å²) in [5.74, 6) is 3.78. The molecule has 0 aromatic heterocycles. The number of terminal acetylenes is 1. The van der Waals surface area contributed by atoms with Gasteiger partial charge in [0, 0.05) is 17.8 Å². The Bertz CT molecular complexity index is 1540. The van der Waals surface area contributed by atoms with E-state index >= 15 is 0 Å². The lowest BCUT2D eigenvalue weighted by atomic mass is 9.76. The zero-order valence-electron chi connectivity index (χ0n) is 27.6. The highest BCUT2D eigenvalue weighted by atomic mass is 16.7. The lowest BCUT2D eigenvalue weighted by Gasteiger charge is -2.27. The van der Waals surface area contributed by atoms with Crippen molar-refractivity contribution in [2.75, 3.05) is 0 Å². The van der Waals surface area contributed by atoms with Crippen molar-refractivity contribution >= 4 is 23.5 Å². The highest BCUT2D eigenvalue weighted by Crippen LogP contribution is 2.42. The Morgan fingerprint density at radius 1 is 0.739 bits per heavy atom. The summed E-state index contributed by atoms with van der Waals surface area (Å²) >= 11 is 0. The topological polar surface area (TPSA) is 71.1 Å². The number of rotatable bonds is 8. The lowest BCUT2D eigenvalue weighted by Crippen LogP contribution is -2.25. The molecule has 4 rings (SSSR count). The van der Waals surface area contributed by atoms with Crippen molar-refractivity contribution in [3.8, 4) is 23.8 Å². The molecule has 2 aliphatic carbocycles. The van der Waals surface area contributed by atoms with Crippen LogP contribution < -0.4 is 9.47 Å². The summed E-state index contributed by atoms with van der Waals surface area (Å²) in [4.78, 5) is 24.1. The first-order chi connectivity index (χ1) is 21.7. The average Bonchev–Trinajstić information content (AvgIpc) is 3.65.